The first-order chi connectivity index (χ1) is 8.69. The minimum absolute atomic E-state index is 0.383. The monoisotopic (exact) mass is 326 g/mol. The summed E-state index contributed by atoms with van der Waals surface area (Å²) < 4.78 is 6.36. The van der Waals surface area contributed by atoms with Crippen LogP contribution < -0.4 is 4.74 Å². The van der Waals surface area contributed by atoms with Crippen molar-refractivity contribution in [3.8, 4) is 5.75 Å². The summed E-state index contributed by atoms with van der Waals surface area (Å²) in [6.45, 7) is 0. The zero-order chi connectivity index (χ0) is 13.0. The van der Waals surface area contributed by atoms with Crippen LogP contribution in [0.4, 0.5) is 0 Å². The van der Waals surface area contributed by atoms with Gasteiger partial charge in [0.05, 0.1) is 13.2 Å². The van der Waals surface area contributed by atoms with Gasteiger partial charge in [-0.2, -0.15) is 0 Å². The molecule has 0 amide bonds. The Bertz CT molecular complexity index is 510. The fourth-order valence-electron chi connectivity index (χ4n) is 1.89. The van der Waals surface area contributed by atoms with Gasteiger partial charge in [0.1, 0.15) is 5.75 Å². The van der Waals surface area contributed by atoms with Gasteiger partial charge < -0.3 is 9.84 Å². The Morgan fingerprint density at radius 2 is 2.11 bits per heavy atom. The average Bonchev–Trinajstić information content (AvgIpc) is 2.75. The molecule has 1 unspecified atom stereocenters. The first-order valence-corrected chi connectivity index (χ1v) is 7.39. The minimum atomic E-state index is -0.383. The zero-order valence-electron chi connectivity index (χ0n) is 10.1. The van der Waals surface area contributed by atoms with Gasteiger partial charge in [0.15, 0.2) is 0 Å². The van der Waals surface area contributed by atoms with Gasteiger partial charge in [-0.15, -0.1) is 11.3 Å². The molecule has 0 aliphatic heterocycles. The molecule has 2 aromatic rings. The molecule has 0 aliphatic carbocycles. The van der Waals surface area contributed by atoms with Crippen LogP contribution in [0.15, 0.2) is 40.2 Å². The van der Waals surface area contributed by atoms with E-state index in [-0.39, 0.29) is 6.10 Å². The Morgan fingerprint density at radius 1 is 1.33 bits per heavy atom. The molecule has 0 aliphatic rings. The van der Waals surface area contributed by atoms with E-state index in [4.69, 9.17) is 4.74 Å². The summed E-state index contributed by atoms with van der Waals surface area (Å²) >= 11 is 5.08. The van der Waals surface area contributed by atoms with Crippen LogP contribution in [0.3, 0.4) is 0 Å². The van der Waals surface area contributed by atoms with E-state index in [2.05, 4.69) is 22.0 Å². The molecule has 1 N–H and O–H groups in total. The zero-order valence-corrected chi connectivity index (χ0v) is 12.5. The van der Waals surface area contributed by atoms with Crippen molar-refractivity contribution in [2.75, 3.05) is 7.11 Å². The number of aliphatic hydroxyl groups is 1. The molecule has 2 nitrogen and oxygen atoms in total. The third-order valence-corrected chi connectivity index (χ3v) is 4.43. The highest BCUT2D eigenvalue weighted by atomic mass is 79.9. The number of aliphatic hydroxyl groups excluding tert-OH is 1. The number of rotatable bonds is 5. The van der Waals surface area contributed by atoms with Gasteiger partial charge in [-0.3, -0.25) is 0 Å². The van der Waals surface area contributed by atoms with E-state index in [0.29, 0.717) is 12.8 Å². The molecule has 0 saturated carbocycles. The molecule has 1 aromatic heterocycles. The lowest BCUT2D eigenvalue weighted by Crippen LogP contribution is -2.13. The molecule has 1 atom stereocenters. The Kier molecular flexibility index (Phi) is 4.80. The highest BCUT2D eigenvalue weighted by Crippen LogP contribution is 2.23. The van der Waals surface area contributed by atoms with Gasteiger partial charge in [-0.25, -0.2) is 0 Å². The van der Waals surface area contributed by atoms with Crippen molar-refractivity contribution in [2.24, 2.45) is 0 Å². The van der Waals surface area contributed by atoms with Crippen molar-refractivity contribution in [3.05, 3.63) is 50.6 Å². The van der Waals surface area contributed by atoms with Crippen molar-refractivity contribution in [2.45, 2.75) is 18.9 Å². The Balaban J connectivity index is 2.00. The number of methoxy groups -OCH3 is 1. The van der Waals surface area contributed by atoms with Crippen molar-refractivity contribution in [3.63, 3.8) is 0 Å². The third-order valence-electron chi connectivity index (χ3n) is 2.71. The Labute approximate surface area is 119 Å². The minimum Gasteiger partial charge on any atom is -0.496 e. The van der Waals surface area contributed by atoms with Crippen LogP contribution in [0, 0.1) is 0 Å². The highest BCUT2D eigenvalue weighted by molar-refractivity contribution is 9.10. The van der Waals surface area contributed by atoms with Gasteiger partial charge in [0.2, 0.25) is 0 Å². The molecule has 96 valence electrons. The predicted molar refractivity (Wildman–Crippen MR) is 78.4 cm³/mol. The summed E-state index contributed by atoms with van der Waals surface area (Å²) in [4.78, 5) is 1.18. The maximum atomic E-state index is 10.1. The van der Waals surface area contributed by atoms with Crippen LogP contribution in [-0.4, -0.2) is 18.3 Å². The first-order valence-electron chi connectivity index (χ1n) is 5.72. The lowest BCUT2D eigenvalue weighted by Gasteiger charge is -2.12. The van der Waals surface area contributed by atoms with Crippen LogP contribution in [-0.2, 0) is 12.8 Å². The normalized spacial score (nSPS) is 12.4. The predicted octanol–water partition coefficient (Wildman–Crippen LogP) is 3.67. The van der Waals surface area contributed by atoms with Gasteiger partial charge in [-0.05, 0) is 33.6 Å². The van der Waals surface area contributed by atoms with E-state index in [0.717, 1.165) is 15.8 Å². The molecule has 4 heteroatoms. The Hall–Kier alpha value is -0.840. The molecule has 1 aromatic carbocycles. The van der Waals surface area contributed by atoms with Crippen LogP contribution in [0.2, 0.25) is 0 Å². The second kappa shape index (κ2) is 6.36. The second-order valence-electron chi connectivity index (χ2n) is 4.11. The molecular weight excluding hydrogens is 312 g/mol. The van der Waals surface area contributed by atoms with Crippen LogP contribution in [0.5, 0.6) is 5.75 Å². The molecule has 18 heavy (non-hydrogen) atoms. The summed E-state index contributed by atoms with van der Waals surface area (Å²) in [6, 6.07) is 9.86. The summed E-state index contributed by atoms with van der Waals surface area (Å²) in [5.74, 6) is 0.837. The average molecular weight is 327 g/mol. The van der Waals surface area contributed by atoms with Crippen molar-refractivity contribution < 1.29 is 9.84 Å². The van der Waals surface area contributed by atoms with E-state index in [1.165, 1.54) is 4.88 Å². The molecular formula is C14H15BrO2S. The second-order valence-corrected chi connectivity index (χ2v) is 6.02. The summed E-state index contributed by atoms with van der Waals surface area (Å²) in [7, 11) is 1.65. The summed E-state index contributed by atoms with van der Waals surface area (Å²) in [5.41, 5.74) is 1.04. The molecule has 0 radical (unpaired) electrons. The van der Waals surface area contributed by atoms with Crippen molar-refractivity contribution >= 4 is 27.3 Å². The molecule has 0 bridgehead atoms. The van der Waals surface area contributed by atoms with Gasteiger partial charge in [0.25, 0.3) is 0 Å². The fourth-order valence-corrected chi connectivity index (χ4v) is 3.41. The SMILES string of the molecule is COc1ccccc1CC(O)Cc1cc(Br)cs1. The maximum absolute atomic E-state index is 10.1. The summed E-state index contributed by atoms with van der Waals surface area (Å²) in [6.07, 6.45) is 0.903. The van der Waals surface area contributed by atoms with Crippen LogP contribution >= 0.6 is 27.3 Å². The largest absolute Gasteiger partial charge is 0.496 e. The van der Waals surface area contributed by atoms with E-state index in [1.807, 2.05) is 29.6 Å². The number of benzene rings is 1. The van der Waals surface area contributed by atoms with Crippen LogP contribution in [0.1, 0.15) is 10.4 Å². The van der Waals surface area contributed by atoms with Gasteiger partial charge in [-0.1, -0.05) is 18.2 Å². The quantitative estimate of drug-likeness (QED) is 0.908. The lowest BCUT2D eigenvalue weighted by atomic mass is 10.0. The van der Waals surface area contributed by atoms with Gasteiger partial charge in [0, 0.05) is 27.6 Å². The van der Waals surface area contributed by atoms with Crippen LogP contribution in [0.25, 0.3) is 0 Å². The topological polar surface area (TPSA) is 29.5 Å². The molecule has 0 saturated heterocycles. The smallest absolute Gasteiger partial charge is 0.122 e. The number of ether oxygens (including phenoxy) is 1. The standard InChI is InChI=1S/C14H15BrO2S/c1-17-14-5-3-2-4-10(14)6-12(16)8-13-7-11(15)9-18-13/h2-5,7,9,12,16H,6,8H2,1H3. The van der Waals surface area contributed by atoms with Crippen molar-refractivity contribution in [1.82, 2.24) is 0 Å². The van der Waals surface area contributed by atoms with Crippen molar-refractivity contribution in [1.29, 1.82) is 0 Å². The first kappa shape index (κ1) is 13.6. The van der Waals surface area contributed by atoms with E-state index in [9.17, 15) is 5.11 Å². The summed E-state index contributed by atoms with van der Waals surface area (Å²) in [5, 5.41) is 12.2. The number of hydrogen-bond acceptors (Lipinski definition) is 3. The molecule has 2 rings (SSSR count). The number of para-hydroxylation sites is 1. The molecule has 1 heterocycles. The number of hydrogen-bond donors (Lipinski definition) is 1. The molecule has 0 fully saturated rings. The van der Waals surface area contributed by atoms with E-state index in [1.54, 1.807) is 18.4 Å². The maximum Gasteiger partial charge on any atom is 0.122 e. The number of thiophene rings is 1. The number of halogens is 1. The third kappa shape index (κ3) is 3.57. The van der Waals surface area contributed by atoms with Gasteiger partial charge >= 0.3 is 0 Å². The van der Waals surface area contributed by atoms with E-state index >= 15 is 0 Å². The van der Waals surface area contributed by atoms with E-state index < -0.39 is 0 Å². The molecule has 0 spiro atoms. The highest BCUT2D eigenvalue weighted by Gasteiger charge is 2.11. The fraction of sp³-hybridized carbons (Fsp3) is 0.286. The lowest BCUT2D eigenvalue weighted by molar-refractivity contribution is 0.175. The Morgan fingerprint density at radius 3 is 2.78 bits per heavy atom.